The maximum atomic E-state index is 13.3. The number of para-hydroxylation sites is 1. The minimum atomic E-state index is -2.78. The molecule has 1 atom stereocenters. The molecule has 1 amide bonds. The van der Waals surface area contributed by atoms with E-state index in [1.165, 1.54) is 4.31 Å². The van der Waals surface area contributed by atoms with Crippen LogP contribution in [0.15, 0.2) is 65.0 Å². The van der Waals surface area contributed by atoms with Crippen LogP contribution in [0, 0.1) is 0 Å². The van der Waals surface area contributed by atoms with Gasteiger partial charge in [0.2, 0.25) is 5.91 Å². The van der Waals surface area contributed by atoms with Crippen molar-refractivity contribution < 1.29 is 9.00 Å². The number of benzene rings is 2. The molecule has 21 heavy (non-hydrogen) atoms. The van der Waals surface area contributed by atoms with Crippen molar-refractivity contribution >= 4 is 21.5 Å². The van der Waals surface area contributed by atoms with Crippen LogP contribution in [0.25, 0.3) is 0 Å². The Morgan fingerprint density at radius 3 is 2.29 bits per heavy atom. The standard InChI is InChI=1S/C16H16N2O2S/c19-16-11-12-17-21(20,13-14-7-3-1-4-8-14)18(16)15-9-5-2-6-10-15/h1-10H,11-13H2. The minimum Gasteiger partial charge on any atom is -0.273 e. The Kier molecular flexibility index (Phi) is 3.75. The van der Waals surface area contributed by atoms with Gasteiger partial charge in [0.15, 0.2) is 0 Å². The van der Waals surface area contributed by atoms with Gasteiger partial charge in [0.05, 0.1) is 18.0 Å². The fourth-order valence-corrected chi connectivity index (χ4v) is 4.58. The summed E-state index contributed by atoms with van der Waals surface area (Å²) in [5.74, 6) is 0.131. The molecular weight excluding hydrogens is 284 g/mol. The molecule has 0 fully saturated rings. The number of hydrogen-bond acceptors (Lipinski definition) is 3. The summed E-state index contributed by atoms with van der Waals surface area (Å²) >= 11 is 0. The molecule has 0 N–H and O–H groups in total. The third-order valence-electron chi connectivity index (χ3n) is 3.32. The molecule has 2 aromatic rings. The topological polar surface area (TPSA) is 49.7 Å². The lowest BCUT2D eigenvalue weighted by molar-refractivity contribution is -0.117. The molecule has 2 aromatic carbocycles. The number of carbonyl (C=O) groups excluding carboxylic acids is 1. The molecule has 1 unspecified atom stereocenters. The van der Waals surface area contributed by atoms with Crippen molar-refractivity contribution in [3.8, 4) is 0 Å². The van der Waals surface area contributed by atoms with Gasteiger partial charge in [0.1, 0.15) is 9.92 Å². The van der Waals surface area contributed by atoms with Gasteiger partial charge < -0.3 is 0 Å². The molecule has 1 heterocycles. The second-order valence-electron chi connectivity index (χ2n) is 4.86. The van der Waals surface area contributed by atoms with Crippen molar-refractivity contribution in [1.29, 1.82) is 0 Å². The first kappa shape index (κ1) is 13.8. The summed E-state index contributed by atoms with van der Waals surface area (Å²) < 4.78 is 18.9. The summed E-state index contributed by atoms with van der Waals surface area (Å²) in [6.07, 6.45) is 0.306. The van der Waals surface area contributed by atoms with Crippen molar-refractivity contribution in [2.75, 3.05) is 10.8 Å². The monoisotopic (exact) mass is 300 g/mol. The fraction of sp³-hybridized carbons (Fsp3) is 0.188. The first-order valence-electron chi connectivity index (χ1n) is 6.82. The summed E-state index contributed by atoms with van der Waals surface area (Å²) in [6, 6.07) is 18.6. The van der Waals surface area contributed by atoms with Gasteiger partial charge >= 0.3 is 0 Å². The van der Waals surface area contributed by atoms with Crippen LogP contribution >= 0.6 is 0 Å². The van der Waals surface area contributed by atoms with E-state index in [2.05, 4.69) is 4.36 Å². The average molecular weight is 300 g/mol. The summed E-state index contributed by atoms with van der Waals surface area (Å²) in [5.41, 5.74) is 1.56. The molecule has 0 radical (unpaired) electrons. The molecule has 0 bridgehead atoms. The van der Waals surface area contributed by atoms with Gasteiger partial charge in [-0.3, -0.25) is 4.79 Å². The summed E-state index contributed by atoms with van der Waals surface area (Å²) in [7, 11) is -2.78. The Bertz CT molecular complexity index is 750. The van der Waals surface area contributed by atoms with E-state index in [-0.39, 0.29) is 11.7 Å². The lowest BCUT2D eigenvalue weighted by Gasteiger charge is -2.29. The van der Waals surface area contributed by atoms with E-state index < -0.39 is 9.92 Å². The van der Waals surface area contributed by atoms with E-state index in [0.29, 0.717) is 18.7 Å². The maximum absolute atomic E-state index is 13.3. The SMILES string of the molecule is O=C1CCN=S(=O)(Cc2ccccc2)N1c1ccccc1. The molecule has 0 aliphatic carbocycles. The molecule has 0 saturated carbocycles. The van der Waals surface area contributed by atoms with E-state index >= 15 is 0 Å². The fourth-order valence-electron chi connectivity index (χ4n) is 2.38. The normalized spacial score (nSPS) is 21.9. The highest BCUT2D eigenvalue weighted by atomic mass is 32.2. The van der Waals surface area contributed by atoms with Crippen molar-refractivity contribution in [2.45, 2.75) is 12.2 Å². The number of anilines is 1. The second-order valence-corrected chi connectivity index (χ2v) is 6.99. The van der Waals surface area contributed by atoms with Crippen molar-refractivity contribution in [1.82, 2.24) is 0 Å². The molecule has 1 aliphatic rings. The number of nitrogens with zero attached hydrogens (tertiary/aromatic N) is 2. The quantitative estimate of drug-likeness (QED) is 0.875. The molecule has 4 nitrogen and oxygen atoms in total. The van der Waals surface area contributed by atoms with Crippen LogP contribution < -0.4 is 4.31 Å². The highest BCUT2D eigenvalue weighted by molar-refractivity contribution is 7.95. The molecular formula is C16H16N2O2S. The zero-order chi connectivity index (χ0) is 14.7. The maximum Gasteiger partial charge on any atom is 0.241 e. The Hall–Kier alpha value is -2.14. The Labute approximate surface area is 124 Å². The number of hydrogen-bond donors (Lipinski definition) is 0. The third kappa shape index (κ3) is 2.83. The highest BCUT2D eigenvalue weighted by Gasteiger charge is 2.30. The van der Waals surface area contributed by atoms with Crippen molar-refractivity contribution in [3.05, 3.63) is 66.2 Å². The van der Waals surface area contributed by atoms with Gasteiger partial charge in [-0.2, -0.15) is 0 Å². The van der Waals surface area contributed by atoms with E-state index in [1.807, 2.05) is 48.5 Å². The second kappa shape index (κ2) is 5.69. The number of rotatable bonds is 3. The molecule has 3 rings (SSSR count). The molecule has 5 heteroatoms. The number of amides is 1. The predicted octanol–water partition coefficient (Wildman–Crippen LogP) is 3.01. The van der Waals surface area contributed by atoms with Crippen LogP contribution in [0.2, 0.25) is 0 Å². The smallest absolute Gasteiger partial charge is 0.241 e. The lowest BCUT2D eigenvalue weighted by atomic mass is 10.2. The Balaban J connectivity index is 2.03. The molecule has 1 aliphatic heterocycles. The first-order valence-corrected chi connectivity index (χ1v) is 8.46. The van der Waals surface area contributed by atoms with E-state index in [4.69, 9.17) is 0 Å². The molecule has 0 spiro atoms. The average Bonchev–Trinajstić information content (AvgIpc) is 2.49. The molecule has 0 saturated heterocycles. The minimum absolute atomic E-state index is 0.128. The predicted molar refractivity (Wildman–Crippen MR) is 84.1 cm³/mol. The van der Waals surface area contributed by atoms with Gasteiger partial charge in [0, 0.05) is 6.42 Å². The number of carbonyl (C=O) groups is 1. The van der Waals surface area contributed by atoms with Gasteiger partial charge in [-0.25, -0.2) is 12.9 Å². The Morgan fingerprint density at radius 1 is 1.00 bits per heavy atom. The molecule has 108 valence electrons. The van der Waals surface area contributed by atoms with Crippen LogP contribution in [0.3, 0.4) is 0 Å². The largest absolute Gasteiger partial charge is 0.273 e. The third-order valence-corrected chi connectivity index (χ3v) is 5.60. The van der Waals surface area contributed by atoms with Crippen LogP contribution in [0.1, 0.15) is 12.0 Å². The van der Waals surface area contributed by atoms with Crippen molar-refractivity contribution in [3.63, 3.8) is 0 Å². The molecule has 0 aromatic heterocycles. The lowest BCUT2D eigenvalue weighted by Crippen LogP contribution is -2.41. The van der Waals surface area contributed by atoms with E-state index in [9.17, 15) is 9.00 Å². The van der Waals surface area contributed by atoms with Gasteiger partial charge in [-0.05, 0) is 17.7 Å². The van der Waals surface area contributed by atoms with Crippen molar-refractivity contribution in [2.24, 2.45) is 4.36 Å². The summed E-state index contributed by atoms with van der Waals surface area (Å²) in [6.45, 7) is 0.327. The highest BCUT2D eigenvalue weighted by Crippen LogP contribution is 2.26. The Morgan fingerprint density at radius 2 is 1.62 bits per heavy atom. The zero-order valence-electron chi connectivity index (χ0n) is 11.5. The summed E-state index contributed by atoms with van der Waals surface area (Å²) in [5, 5.41) is 0. The van der Waals surface area contributed by atoms with Gasteiger partial charge in [-0.15, -0.1) is 0 Å². The summed E-state index contributed by atoms with van der Waals surface area (Å²) in [4.78, 5) is 12.3. The van der Waals surface area contributed by atoms with Crippen LogP contribution in [-0.4, -0.2) is 16.7 Å². The van der Waals surface area contributed by atoms with Crippen LogP contribution in [-0.2, 0) is 20.5 Å². The first-order chi connectivity index (χ1) is 10.2. The van der Waals surface area contributed by atoms with E-state index in [0.717, 1.165) is 5.56 Å². The van der Waals surface area contributed by atoms with Crippen LogP contribution in [0.5, 0.6) is 0 Å². The zero-order valence-corrected chi connectivity index (χ0v) is 12.3. The van der Waals surface area contributed by atoms with Crippen LogP contribution in [0.4, 0.5) is 5.69 Å². The van der Waals surface area contributed by atoms with E-state index in [1.54, 1.807) is 12.1 Å². The van der Waals surface area contributed by atoms with Gasteiger partial charge in [0.25, 0.3) is 0 Å². The van der Waals surface area contributed by atoms with Gasteiger partial charge in [-0.1, -0.05) is 48.5 Å².